The Kier molecular flexibility index (Phi) is 6.44. The van der Waals surface area contributed by atoms with E-state index in [1.807, 2.05) is 6.07 Å². The van der Waals surface area contributed by atoms with Crippen molar-refractivity contribution in [2.45, 2.75) is 32.0 Å². The summed E-state index contributed by atoms with van der Waals surface area (Å²) in [7, 11) is 1.45. The molecule has 23 heavy (non-hydrogen) atoms. The van der Waals surface area contributed by atoms with Crippen LogP contribution in [0.4, 0.5) is 8.78 Å². The normalized spacial score (nSPS) is 24.2. The summed E-state index contributed by atoms with van der Waals surface area (Å²) in [5.74, 6) is 1.15. The van der Waals surface area contributed by atoms with Crippen molar-refractivity contribution in [3.8, 4) is 11.5 Å². The Morgan fingerprint density at radius 2 is 2.13 bits per heavy atom. The number of nitrogens with one attached hydrogen (secondary N) is 1. The van der Waals surface area contributed by atoms with Crippen molar-refractivity contribution >= 4 is 12.4 Å². The van der Waals surface area contributed by atoms with Crippen LogP contribution in [0.25, 0.3) is 0 Å². The molecular formula is C16H23ClF2N2O2. The van der Waals surface area contributed by atoms with Crippen LogP contribution in [0, 0.1) is 5.92 Å². The van der Waals surface area contributed by atoms with Crippen molar-refractivity contribution in [1.29, 1.82) is 0 Å². The molecule has 1 N–H and O–H groups in total. The lowest BCUT2D eigenvalue weighted by atomic mass is 9.93. The number of rotatable bonds is 5. The van der Waals surface area contributed by atoms with E-state index in [0.29, 0.717) is 17.7 Å². The molecule has 2 aliphatic rings. The maximum atomic E-state index is 12.5. The molecule has 0 radical (unpaired) electrons. The number of benzene rings is 1. The first-order chi connectivity index (χ1) is 10.7. The Bertz CT molecular complexity index is 519. The fraction of sp³-hybridized carbons (Fsp3) is 0.625. The molecular weight excluding hydrogens is 326 g/mol. The van der Waals surface area contributed by atoms with E-state index in [9.17, 15) is 8.78 Å². The van der Waals surface area contributed by atoms with E-state index in [1.54, 1.807) is 12.1 Å². The summed E-state index contributed by atoms with van der Waals surface area (Å²) in [5.41, 5.74) is 0.973. The van der Waals surface area contributed by atoms with Crippen molar-refractivity contribution in [2.75, 3.05) is 26.7 Å². The van der Waals surface area contributed by atoms with E-state index in [0.717, 1.165) is 38.2 Å². The monoisotopic (exact) mass is 348 g/mol. The van der Waals surface area contributed by atoms with Gasteiger partial charge in [0.2, 0.25) is 0 Å². The molecule has 2 saturated heterocycles. The second-order valence-electron chi connectivity index (χ2n) is 6.00. The van der Waals surface area contributed by atoms with Gasteiger partial charge in [0.1, 0.15) is 0 Å². The summed E-state index contributed by atoms with van der Waals surface area (Å²) in [6, 6.07) is 5.92. The van der Waals surface area contributed by atoms with Gasteiger partial charge in [0.25, 0.3) is 0 Å². The molecule has 1 aromatic carbocycles. The molecule has 2 unspecified atom stereocenters. The smallest absolute Gasteiger partial charge is 0.387 e. The molecule has 0 saturated carbocycles. The van der Waals surface area contributed by atoms with Crippen LogP contribution < -0.4 is 14.8 Å². The minimum absolute atomic E-state index is 0. The predicted octanol–water partition coefficient (Wildman–Crippen LogP) is 2.90. The number of fused-ring (bicyclic) bond motifs is 1. The first-order valence-corrected chi connectivity index (χ1v) is 7.73. The van der Waals surface area contributed by atoms with Gasteiger partial charge in [-0.3, -0.25) is 4.90 Å². The van der Waals surface area contributed by atoms with Crippen LogP contribution in [-0.2, 0) is 6.54 Å². The van der Waals surface area contributed by atoms with E-state index in [4.69, 9.17) is 4.74 Å². The van der Waals surface area contributed by atoms with Gasteiger partial charge in [0, 0.05) is 19.1 Å². The number of hydrogen-bond acceptors (Lipinski definition) is 4. The maximum absolute atomic E-state index is 12.5. The van der Waals surface area contributed by atoms with E-state index in [2.05, 4.69) is 15.0 Å². The molecule has 3 rings (SSSR count). The van der Waals surface area contributed by atoms with Crippen molar-refractivity contribution < 1.29 is 18.3 Å². The molecule has 2 heterocycles. The summed E-state index contributed by atoms with van der Waals surface area (Å²) in [5, 5.41) is 3.54. The van der Waals surface area contributed by atoms with Gasteiger partial charge in [0.15, 0.2) is 11.5 Å². The van der Waals surface area contributed by atoms with Crippen molar-refractivity contribution in [1.82, 2.24) is 10.2 Å². The van der Waals surface area contributed by atoms with Crippen LogP contribution in [-0.4, -0.2) is 44.3 Å². The van der Waals surface area contributed by atoms with Crippen LogP contribution in [0.2, 0.25) is 0 Å². The summed E-state index contributed by atoms with van der Waals surface area (Å²) in [6.45, 7) is 1.12. The molecule has 4 nitrogen and oxygen atoms in total. The fourth-order valence-corrected chi connectivity index (χ4v) is 3.53. The number of halogens is 3. The third-order valence-electron chi connectivity index (χ3n) is 4.59. The van der Waals surface area contributed by atoms with E-state index >= 15 is 0 Å². The molecule has 0 spiro atoms. The Balaban J connectivity index is 0.00000192. The van der Waals surface area contributed by atoms with Gasteiger partial charge in [-0.05, 0) is 49.5 Å². The summed E-state index contributed by atoms with van der Waals surface area (Å²) >= 11 is 0. The van der Waals surface area contributed by atoms with Crippen LogP contribution in [0.1, 0.15) is 18.4 Å². The maximum Gasteiger partial charge on any atom is 0.387 e. The molecule has 0 aliphatic carbocycles. The van der Waals surface area contributed by atoms with Crippen LogP contribution in [0.15, 0.2) is 18.2 Å². The van der Waals surface area contributed by atoms with E-state index in [-0.39, 0.29) is 18.2 Å². The van der Waals surface area contributed by atoms with Gasteiger partial charge in [-0.2, -0.15) is 8.78 Å². The molecule has 7 heteroatoms. The second-order valence-corrected chi connectivity index (χ2v) is 6.00. The Morgan fingerprint density at radius 3 is 2.87 bits per heavy atom. The molecule has 2 aliphatic heterocycles. The molecule has 130 valence electrons. The third kappa shape index (κ3) is 4.46. The molecule has 0 aromatic heterocycles. The molecule has 2 atom stereocenters. The lowest BCUT2D eigenvalue weighted by Crippen LogP contribution is -2.43. The number of hydrogen-bond donors (Lipinski definition) is 1. The van der Waals surface area contributed by atoms with E-state index in [1.165, 1.54) is 13.5 Å². The highest BCUT2D eigenvalue weighted by atomic mass is 35.5. The Hall–Kier alpha value is -1.11. The topological polar surface area (TPSA) is 33.7 Å². The average molecular weight is 349 g/mol. The quantitative estimate of drug-likeness (QED) is 0.887. The Labute approximate surface area is 141 Å². The molecule has 1 aromatic rings. The number of piperidine rings is 1. The zero-order valence-corrected chi connectivity index (χ0v) is 14.0. The number of ether oxygens (including phenoxy) is 2. The SMILES string of the molecule is COc1ccc(CN2CCC3NCCC3C2)cc1OC(F)F.Cl. The minimum Gasteiger partial charge on any atom is -0.493 e. The first-order valence-electron chi connectivity index (χ1n) is 7.73. The zero-order chi connectivity index (χ0) is 15.5. The second kappa shape index (κ2) is 8.13. The fourth-order valence-electron chi connectivity index (χ4n) is 3.53. The van der Waals surface area contributed by atoms with Gasteiger partial charge in [-0.15, -0.1) is 12.4 Å². The molecule has 0 bridgehead atoms. The van der Waals surface area contributed by atoms with Gasteiger partial charge in [0.05, 0.1) is 7.11 Å². The summed E-state index contributed by atoms with van der Waals surface area (Å²) < 4.78 is 34.6. The highest BCUT2D eigenvalue weighted by molar-refractivity contribution is 5.85. The zero-order valence-electron chi connectivity index (χ0n) is 13.1. The van der Waals surface area contributed by atoms with Gasteiger partial charge in [-0.1, -0.05) is 6.07 Å². The standard InChI is InChI=1S/C16H22F2N2O2.ClH/c1-21-14-3-2-11(8-15(14)22-16(17)18)9-20-7-5-13-12(10-20)4-6-19-13;/h2-3,8,12-13,16,19H,4-7,9-10H2,1H3;1H. The van der Waals surface area contributed by atoms with Gasteiger partial charge >= 0.3 is 6.61 Å². The molecule has 2 fully saturated rings. The predicted molar refractivity (Wildman–Crippen MR) is 86.7 cm³/mol. The minimum atomic E-state index is -2.84. The third-order valence-corrected chi connectivity index (χ3v) is 4.59. The van der Waals surface area contributed by atoms with E-state index < -0.39 is 6.61 Å². The summed E-state index contributed by atoms with van der Waals surface area (Å²) in [6.07, 6.45) is 2.38. The number of likely N-dealkylation sites (tertiary alicyclic amines) is 1. The number of nitrogens with zero attached hydrogens (tertiary/aromatic N) is 1. The summed E-state index contributed by atoms with van der Waals surface area (Å²) in [4.78, 5) is 2.39. The highest BCUT2D eigenvalue weighted by Crippen LogP contribution is 2.31. The average Bonchev–Trinajstić information content (AvgIpc) is 2.94. The van der Waals surface area contributed by atoms with Gasteiger partial charge in [-0.25, -0.2) is 0 Å². The Morgan fingerprint density at radius 1 is 1.30 bits per heavy atom. The first kappa shape index (κ1) is 18.2. The van der Waals surface area contributed by atoms with Crippen molar-refractivity contribution in [3.05, 3.63) is 23.8 Å². The molecule has 0 amide bonds. The largest absolute Gasteiger partial charge is 0.493 e. The van der Waals surface area contributed by atoms with Crippen molar-refractivity contribution in [2.24, 2.45) is 5.92 Å². The van der Waals surface area contributed by atoms with Crippen LogP contribution in [0.5, 0.6) is 11.5 Å². The highest BCUT2D eigenvalue weighted by Gasteiger charge is 2.32. The number of alkyl halides is 2. The van der Waals surface area contributed by atoms with Gasteiger partial charge < -0.3 is 14.8 Å². The van der Waals surface area contributed by atoms with Crippen LogP contribution in [0.3, 0.4) is 0 Å². The lowest BCUT2D eigenvalue weighted by Gasteiger charge is -2.34. The van der Waals surface area contributed by atoms with Crippen molar-refractivity contribution in [3.63, 3.8) is 0 Å². The lowest BCUT2D eigenvalue weighted by molar-refractivity contribution is -0.0512. The van der Waals surface area contributed by atoms with Crippen LogP contribution >= 0.6 is 12.4 Å². The number of methoxy groups -OCH3 is 1.